The Morgan fingerprint density at radius 3 is 2.39 bits per heavy atom. The zero-order valence-corrected chi connectivity index (χ0v) is 22.7. The summed E-state index contributed by atoms with van der Waals surface area (Å²) in [5.41, 5.74) is 0.814. The summed E-state index contributed by atoms with van der Waals surface area (Å²) in [5, 5.41) is 3.54. The normalized spacial score (nSPS) is 15.1. The fourth-order valence-corrected chi connectivity index (χ4v) is 5.77. The zero-order chi connectivity index (χ0) is 26.6. The number of nitrogens with one attached hydrogen (secondary N) is 1. The van der Waals surface area contributed by atoms with Crippen molar-refractivity contribution in [2.75, 3.05) is 13.1 Å². The molecule has 8 nitrogen and oxygen atoms in total. The number of sulfonamides is 1. The van der Waals surface area contributed by atoms with Gasteiger partial charge in [-0.2, -0.15) is 0 Å². The van der Waals surface area contributed by atoms with Crippen LogP contribution in [0.3, 0.4) is 0 Å². The first-order valence-electron chi connectivity index (χ1n) is 11.6. The van der Waals surface area contributed by atoms with Crippen LogP contribution in [-0.2, 0) is 26.2 Å². The van der Waals surface area contributed by atoms with Crippen molar-refractivity contribution in [1.82, 2.24) is 14.5 Å². The van der Waals surface area contributed by atoms with Crippen molar-refractivity contribution in [2.45, 2.75) is 51.1 Å². The second-order valence-electron chi connectivity index (χ2n) is 9.07. The molecule has 0 fully saturated rings. The molecule has 0 radical (unpaired) electrons. The van der Waals surface area contributed by atoms with Crippen molar-refractivity contribution in [3.63, 3.8) is 0 Å². The van der Waals surface area contributed by atoms with E-state index in [0.29, 0.717) is 22.2 Å². The van der Waals surface area contributed by atoms with E-state index < -0.39 is 22.0 Å². The van der Waals surface area contributed by atoms with E-state index in [9.17, 15) is 22.8 Å². The Balaban J connectivity index is 1.72. The molecule has 0 spiro atoms. The molecule has 1 heterocycles. The number of carbonyl (C=O) groups is 3. The molecule has 3 amide bonds. The molecule has 2 aromatic carbocycles. The van der Waals surface area contributed by atoms with Gasteiger partial charge in [0.05, 0.1) is 15.6 Å². The van der Waals surface area contributed by atoms with Gasteiger partial charge < -0.3 is 10.2 Å². The number of nitrogens with zero attached hydrogens (tertiary/aromatic N) is 2. The fourth-order valence-electron chi connectivity index (χ4n) is 3.84. The van der Waals surface area contributed by atoms with Crippen LogP contribution < -0.4 is 5.32 Å². The van der Waals surface area contributed by atoms with Gasteiger partial charge in [0.15, 0.2) is 0 Å². The minimum absolute atomic E-state index is 0.0296. The van der Waals surface area contributed by atoms with Crippen LogP contribution in [0, 0.1) is 5.92 Å². The predicted molar refractivity (Wildman–Crippen MR) is 138 cm³/mol. The summed E-state index contributed by atoms with van der Waals surface area (Å²) in [4.78, 5) is 40.0. The monoisotopic (exact) mass is 553 g/mol. The Morgan fingerprint density at radius 2 is 1.75 bits per heavy atom. The van der Waals surface area contributed by atoms with Gasteiger partial charge in [-0.1, -0.05) is 55.2 Å². The Kier molecular flexibility index (Phi) is 9.03. The molecule has 1 atom stereocenters. The van der Waals surface area contributed by atoms with Crippen molar-refractivity contribution < 1.29 is 22.8 Å². The van der Waals surface area contributed by atoms with Gasteiger partial charge in [0.1, 0.15) is 10.9 Å². The lowest BCUT2D eigenvalue weighted by Crippen LogP contribution is -2.48. The first kappa shape index (κ1) is 28.0. The maximum absolute atomic E-state index is 13.3. The molecule has 1 aliphatic rings. The van der Waals surface area contributed by atoms with Crippen LogP contribution in [0.4, 0.5) is 0 Å². The third-order valence-corrected chi connectivity index (χ3v) is 8.43. The lowest BCUT2D eigenvalue weighted by Gasteiger charge is -2.29. The van der Waals surface area contributed by atoms with Gasteiger partial charge >= 0.3 is 0 Å². The lowest BCUT2D eigenvalue weighted by atomic mass is 10.1. The van der Waals surface area contributed by atoms with E-state index in [4.69, 9.17) is 23.2 Å². The minimum Gasteiger partial charge on any atom is -0.354 e. The average Bonchev–Trinajstić information content (AvgIpc) is 3.03. The van der Waals surface area contributed by atoms with Crippen molar-refractivity contribution in [2.24, 2.45) is 5.92 Å². The molecule has 1 aliphatic heterocycles. The van der Waals surface area contributed by atoms with Gasteiger partial charge in [-0.3, -0.25) is 14.4 Å². The van der Waals surface area contributed by atoms with Crippen LogP contribution in [0.25, 0.3) is 0 Å². The molecule has 3 rings (SSSR count). The maximum Gasteiger partial charge on any atom is 0.269 e. The van der Waals surface area contributed by atoms with Gasteiger partial charge in [0, 0.05) is 26.1 Å². The van der Waals surface area contributed by atoms with E-state index in [1.54, 1.807) is 37.3 Å². The number of amides is 3. The standard InChI is InChI=1S/C25H29Cl2N3O5S/c1-16(2)14-28-24(32)17(3)29(15-18-10-11-20(26)21(27)13-18)23(31)9-6-12-30-25(33)19-7-4-5-8-22(19)36(30,34)35/h4-5,7-8,10-11,13,16-17H,6,9,12,14-15H2,1-3H3,(H,28,32). The number of halogens is 2. The van der Waals surface area contributed by atoms with Gasteiger partial charge in [-0.25, -0.2) is 12.7 Å². The molecular formula is C25H29Cl2N3O5S. The summed E-state index contributed by atoms with van der Waals surface area (Å²) in [6.45, 7) is 6.00. The molecule has 0 aromatic heterocycles. The van der Waals surface area contributed by atoms with E-state index in [0.717, 1.165) is 4.31 Å². The summed E-state index contributed by atoms with van der Waals surface area (Å²) in [6.07, 6.45) is 0.0504. The molecule has 2 aromatic rings. The molecule has 0 bridgehead atoms. The summed E-state index contributed by atoms with van der Waals surface area (Å²) in [7, 11) is -3.95. The van der Waals surface area contributed by atoms with Crippen LogP contribution in [0.2, 0.25) is 10.0 Å². The van der Waals surface area contributed by atoms with Gasteiger partial charge in [0.2, 0.25) is 11.8 Å². The molecular weight excluding hydrogens is 525 g/mol. The van der Waals surface area contributed by atoms with Crippen molar-refractivity contribution in [3.05, 3.63) is 63.6 Å². The number of rotatable bonds is 10. The van der Waals surface area contributed by atoms with Crippen LogP contribution in [0.15, 0.2) is 47.4 Å². The van der Waals surface area contributed by atoms with E-state index >= 15 is 0 Å². The molecule has 0 aliphatic carbocycles. The Hall–Kier alpha value is -2.62. The van der Waals surface area contributed by atoms with E-state index in [1.165, 1.54) is 17.0 Å². The molecule has 0 saturated carbocycles. The molecule has 1 unspecified atom stereocenters. The zero-order valence-electron chi connectivity index (χ0n) is 20.3. The molecule has 11 heteroatoms. The average molecular weight is 554 g/mol. The topological polar surface area (TPSA) is 104 Å². The highest BCUT2D eigenvalue weighted by molar-refractivity contribution is 7.90. The number of fused-ring (bicyclic) bond motifs is 1. The van der Waals surface area contributed by atoms with E-state index in [2.05, 4.69) is 5.32 Å². The van der Waals surface area contributed by atoms with Gasteiger partial charge in [-0.05, 0) is 49.1 Å². The highest BCUT2D eigenvalue weighted by atomic mass is 35.5. The largest absolute Gasteiger partial charge is 0.354 e. The summed E-state index contributed by atoms with van der Waals surface area (Å²) in [6, 6.07) is 10.2. The second-order valence-corrected chi connectivity index (χ2v) is 11.7. The third kappa shape index (κ3) is 6.19. The Morgan fingerprint density at radius 1 is 1.06 bits per heavy atom. The summed E-state index contributed by atoms with van der Waals surface area (Å²) < 4.78 is 26.3. The van der Waals surface area contributed by atoms with Crippen LogP contribution in [0.1, 0.15) is 49.5 Å². The van der Waals surface area contributed by atoms with Gasteiger partial charge in [-0.15, -0.1) is 0 Å². The number of hydrogen-bond donors (Lipinski definition) is 1. The van der Waals surface area contributed by atoms with Crippen LogP contribution in [-0.4, -0.2) is 54.5 Å². The van der Waals surface area contributed by atoms with Crippen LogP contribution >= 0.6 is 23.2 Å². The first-order chi connectivity index (χ1) is 16.9. The fraction of sp³-hybridized carbons (Fsp3) is 0.400. The van der Waals surface area contributed by atoms with Gasteiger partial charge in [0.25, 0.3) is 15.9 Å². The van der Waals surface area contributed by atoms with Crippen molar-refractivity contribution in [3.8, 4) is 0 Å². The summed E-state index contributed by atoms with van der Waals surface area (Å²) in [5.74, 6) is -1.02. The minimum atomic E-state index is -3.95. The number of hydrogen-bond acceptors (Lipinski definition) is 5. The highest BCUT2D eigenvalue weighted by Gasteiger charge is 2.40. The Bertz CT molecular complexity index is 1270. The number of carbonyl (C=O) groups excluding carboxylic acids is 3. The summed E-state index contributed by atoms with van der Waals surface area (Å²) >= 11 is 12.1. The van der Waals surface area contributed by atoms with Crippen molar-refractivity contribution in [1.29, 1.82) is 0 Å². The molecule has 0 saturated heterocycles. The smallest absolute Gasteiger partial charge is 0.269 e. The van der Waals surface area contributed by atoms with Crippen LogP contribution in [0.5, 0.6) is 0 Å². The third-order valence-electron chi connectivity index (χ3n) is 5.85. The van der Waals surface area contributed by atoms with Crippen molar-refractivity contribution >= 4 is 50.9 Å². The lowest BCUT2D eigenvalue weighted by molar-refractivity contribution is -0.140. The quantitative estimate of drug-likeness (QED) is 0.476. The van der Waals surface area contributed by atoms with E-state index in [1.807, 2.05) is 13.8 Å². The SMILES string of the molecule is CC(C)CNC(=O)C(C)N(Cc1ccc(Cl)c(Cl)c1)C(=O)CCCN1C(=O)c2ccccc2S1(=O)=O. The predicted octanol–water partition coefficient (Wildman–Crippen LogP) is 4.11. The second kappa shape index (κ2) is 11.6. The molecule has 1 N–H and O–H groups in total. The molecule has 36 heavy (non-hydrogen) atoms. The highest BCUT2D eigenvalue weighted by Crippen LogP contribution is 2.30. The first-order valence-corrected chi connectivity index (χ1v) is 13.8. The van der Waals surface area contributed by atoms with E-state index in [-0.39, 0.29) is 54.1 Å². The Labute approximate surface area is 221 Å². The maximum atomic E-state index is 13.3. The number of benzene rings is 2. The molecule has 194 valence electrons.